The molecule has 3 aliphatic rings. The molecular formula is C19H25ClN2O2. The zero-order valence-corrected chi connectivity index (χ0v) is 14.8. The van der Waals surface area contributed by atoms with Crippen LogP contribution in [-0.2, 0) is 4.74 Å². The molecule has 24 heavy (non-hydrogen) atoms. The number of ether oxygens (including phenoxy) is 1. The molecule has 4 rings (SSSR count). The van der Waals surface area contributed by atoms with E-state index in [0.29, 0.717) is 22.7 Å². The second-order valence-corrected chi connectivity index (χ2v) is 7.71. The Bertz CT molecular complexity index is 603. The third kappa shape index (κ3) is 3.19. The summed E-state index contributed by atoms with van der Waals surface area (Å²) in [6.07, 6.45) is 4.55. The van der Waals surface area contributed by atoms with Crippen molar-refractivity contribution in [2.45, 2.75) is 37.8 Å². The molecule has 5 heteroatoms. The normalized spacial score (nSPS) is 28.3. The van der Waals surface area contributed by atoms with Crippen LogP contribution in [0, 0.1) is 5.92 Å². The summed E-state index contributed by atoms with van der Waals surface area (Å²) < 4.78 is 5.48. The highest BCUT2D eigenvalue weighted by Gasteiger charge is 2.44. The van der Waals surface area contributed by atoms with Gasteiger partial charge in [0.2, 0.25) is 0 Å². The van der Waals surface area contributed by atoms with Gasteiger partial charge in [-0.25, -0.2) is 0 Å². The van der Waals surface area contributed by atoms with Gasteiger partial charge in [-0.2, -0.15) is 0 Å². The molecular weight excluding hydrogens is 324 g/mol. The van der Waals surface area contributed by atoms with Crippen molar-refractivity contribution in [3.63, 3.8) is 0 Å². The van der Waals surface area contributed by atoms with Gasteiger partial charge in [0.1, 0.15) is 0 Å². The second-order valence-electron chi connectivity index (χ2n) is 7.27. The van der Waals surface area contributed by atoms with Crippen molar-refractivity contribution in [1.29, 1.82) is 0 Å². The number of amides is 1. The molecule has 3 heterocycles. The van der Waals surface area contributed by atoms with E-state index in [2.05, 4.69) is 9.80 Å². The summed E-state index contributed by atoms with van der Waals surface area (Å²) in [7, 11) is 0. The van der Waals surface area contributed by atoms with Crippen LogP contribution >= 0.6 is 11.6 Å². The lowest BCUT2D eigenvalue weighted by molar-refractivity contribution is 0.0502. The van der Waals surface area contributed by atoms with Crippen LogP contribution in [-0.4, -0.2) is 60.6 Å². The number of carbonyl (C=O) groups excluding carboxylic acids is 1. The number of hydrogen-bond acceptors (Lipinski definition) is 3. The predicted octanol–water partition coefficient (Wildman–Crippen LogP) is 3.06. The second kappa shape index (κ2) is 7.03. The van der Waals surface area contributed by atoms with E-state index < -0.39 is 0 Å². The van der Waals surface area contributed by atoms with Gasteiger partial charge in [0, 0.05) is 55.5 Å². The summed E-state index contributed by atoms with van der Waals surface area (Å²) in [6.45, 7) is 4.97. The fraction of sp³-hybridized carbons (Fsp3) is 0.632. The van der Waals surface area contributed by atoms with E-state index in [1.165, 1.54) is 19.4 Å². The van der Waals surface area contributed by atoms with Gasteiger partial charge in [0.25, 0.3) is 5.91 Å². The topological polar surface area (TPSA) is 32.8 Å². The van der Waals surface area contributed by atoms with Crippen molar-refractivity contribution >= 4 is 17.5 Å². The summed E-state index contributed by atoms with van der Waals surface area (Å²) in [5.41, 5.74) is 0.714. The Kier molecular flexibility index (Phi) is 4.79. The Morgan fingerprint density at radius 3 is 2.71 bits per heavy atom. The highest BCUT2D eigenvalue weighted by atomic mass is 35.5. The monoisotopic (exact) mass is 348 g/mol. The van der Waals surface area contributed by atoms with Crippen molar-refractivity contribution in [3.8, 4) is 0 Å². The first-order chi connectivity index (χ1) is 11.7. The van der Waals surface area contributed by atoms with E-state index in [1.807, 2.05) is 18.2 Å². The van der Waals surface area contributed by atoms with Gasteiger partial charge in [0.05, 0.1) is 0 Å². The van der Waals surface area contributed by atoms with Crippen LogP contribution in [0.15, 0.2) is 24.3 Å². The minimum absolute atomic E-state index is 0.137. The van der Waals surface area contributed by atoms with Gasteiger partial charge in [0.15, 0.2) is 0 Å². The molecule has 0 radical (unpaired) electrons. The average Bonchev–Trinajstić information content (AvgIpc) is 3.18. The largest absolute Gasteiger partial charge is 0.381 e. The van der Waals surface area contributed by atoms with E-state index in [4.69, 9.17) is 16.3 Å². The van der Waals surface area contributed by atoms with Crippen LogP contribution in [0.25, 0.3) is 0 Å². The van der Waals surface area contributed by atoms with E-state index in [9.17, 15) is 4.79 Å². The maximum absolute atomic E-state index is 12.9. The molecule has 4 nitrogen and oxygen atoms in total. The standard InChI is InChI=1S/C19H25ClN2O2/c20-16-3-1-2-15(12-16)19(23)22-9-5-17-18(22)4-8-21(17)13-14-6-10-24-11-7-14/h1-3,12,14,17-18H,4-11,13H2/t17-,18+/m0/s1. The van der Waals surface area contributed by atoms with Gasteiger partial charge in [-0.1, -0.05) is 17.7 Å². The Morgan fingerprint density at radius 1 is 1.12 bits per heavy atom. The Morgan fingerprint density at radius 2 is 1.92 bits per heavy atom. The number of rotatable bonds is 3. The number of likely N-dealkylation sites (tertiary alicyclic amines) is 2. The molecule has 3 fully saturated rings. The van der Waals surface area contributed by atoms with E-state index in [1.54, 1.807) is 6.07 Å². The summed E-state index contributed by atoms with van der Waals surface area (Å²) in [4.78, 5) is 17.6. The zero-order chi connectivity index (χ0) is 16.5. The molecule has 0 aliphatic carbocycles. The Hall–Kier alpha value is -1.10. The molecule has 1 aromatic carbocycles. The van der Waals surface area contributed by atoms with Crippen LogP contribution in [0.5, 0.6) is 0 Å². The van der Waals surface area contributed by atoms with Gasteiger partial charge in [-0.05, 0) is 49.8 Å². The third-order valence-electron chi connectivity index (χ3n) is 5.86. The van der Waals surface area contributed by atoms with E-state index in [-0.39, 0.29) is 5.91 Å². The summed E-state index contributed by atoms with van der Waals surface area (Å²) >= 11 is 6.05. The number of carbonyl (C=O) groups is 1. The summed E-state index contributed by atoms with van der Waals surface area (Å²) in [6, 6.07) is 8.24. The molecule has 3 saturated heterocycles. The van der Waals surface area contributed by atoms with Crippen molar-refractivity contribution in [2.75, 3.05) is 32.8 Å². The Labute approximate surface area is 148 Å². The highest BCUT2D eigenvalue weighted by molar-refractivity contribution is 6.30. The number of fused-ring (bicyclic) bond motifs is 1. The number of hydrogen-bond donors (Lipinski definition) is 0. The highest BCUT2D eigenvalue weighted by Crippen LogP contribution is 2.34. The molecule has 2 atom stereocenters. The molecule has 0 aromatic heterocycles. The van der Waals surface area contributed by atoms with Crippen molar-refractivity contribution < 1.29 is 9.53 Å². The lowest BCUT2D eigenvalue weighted by Gasteiger charge is -2.30. The van der Waals surface area contributed by atoms with Gasteiger partial charge in [-0.3, -0.25) is 9.69 Å². The maximum Gasteiger partial charge on any atom is 0.254 e. The third-order valence-corrected chi connectivity index (χ3v) is 6.09. The fourth-order valence-electron chi connectivity index (χ4n) is 4.60. The summed E-state index contributed by atoms with van der Waals surface area (Å²) in [5.74, 6) is 0.896. The molecule has 0 bridgehead atoms. The lowest BCUT2D eigenvalue weighted by Crippen LogP contribution is -2.41. The molecule has 1 aromatic rings. The first-order valence-corrected chi connectivity index (χ1v) is 9.48. The molecule has 1 amide bonds. The smallest absolute Gasteiger partial charge is 0.254 e. The minimum atomic E-state index is 0.137. The zero-order valence-electron chi connectivity index (χ0n) is 14.0. The predicted molar refractivity (Wildman–Crippen MR) is 94.4 cm³/mol. The quantitative estimate of drug-likeness (QED) is 0.841. The molecule has 130 valence electrons. The number of nitrogens with zero attached hydrogens (tertiary/aromatic N) is 2. The molecule has 0 spiro atoms. The minimum Gasteiger partial charge on any atom is -0.381 e. The molecule has 0 N–H and O–H groups in total. The van der Waals surface area contributed by atoms with Gasteiger partial charge in [-0.15, -0.1) is 0 Å². The van der Waals surface area contributed by atoms with Crippen LogP contribution in [0.4, 0.5) is 0 Å². The van der Waals surface area contributed by atoms with Crippen LogP contribution in [0.1, 0.15) is 36.0 Å². The number of benzene rings is 1. The van der Waals surface area contributed by atoms with Crippen molar-refractivity contribution in [3.05, 3.63) is 34.9 Å². The fourth-order valence-corrected chi connectivity index (χ4v) is 4.79. The lowest BCUT2D eigenvalue weighted by atomic mass is 9.99. The Balaban J connectivity index is 1.41. The molecule has 0 unspecified atom stereocenters. The van der Waals surface area contributed by atoms with Crippen LogP contribution < -0.4 is 0 Å². The number of halogens is 1. The van der Waals surface area contributed by atoms with E-state index >= 15 is 0 Å². The average molecular weight is 349 g/mol. The van der Waals surface area contributed by atoms with E-state index in [0.717, 1.165) is 45.1 Å². The van der Waals surface area contributed by atoms with Gasteiger partial charge >= 0.3 is 0 Å². The molecule has 3 aliphatic heterocycles. The summed E-state index contributed by atoms with van der Waals surface area (Å²) in [5, 5.41) is 0.629. The van der Waals surface area contributed by atoms with Crippen LogP contribution in [0.2, 0.25) is 5.02 Å². The maximum atomic E-state index is 12.9. The van der Waals surface area contributed by atoms with Crippen molar-refractivity contribution in [2.24, 2.45) is 5.92 Å². The van der Waals surface area contributed by atoms with Crippen LogP contribution in [0.3, 0.4) is 0 Å². The van der Waals surface area contributed by atoms with Gasteiger partial charge < -0.3 is 9.64 Å². The van der Waals surface area contributed by atoms with Crippen molar-refractivity contribution in [1.82, 2.24) is 9.80 Å². The SMILES string of the molecule is O=C(c1cccc(Cl)c1)N1CC[C@H]2[C@H]1CCN2CC1CCOCC1. The first kappa shape index (κ1) is 16.4. The molecule has 0 saturated carbocycles. The first-order valence-electron chi connectivity index (χ1n) is 9.11.